The highest BCUT2D eigenvalue weighted by atomic mass is 16.7. The van der Waals surface area contributed by atoms with Gasteiger partial charge in [-0.1, -0.05) is 155 Å². The monoisotopic (exact) mass is 824 g/mol. The lowest BCUT2D eigenvalue weighted by Gasteiger charge is -2.40. The summed E-state index contributed by atoms with van der Waals surface area (Å²) in [7, 11) is 0. The van der Waals surface area contributed by atoms with Gasteiger partial charge >= 0.3 is 0 Å². The van der Waals surface area contributed by atoms with E-state index in [0.717, 1.165) is 122 Å². The van der Waals surface area contributed by atoms with Crippen molar-refractivity contribution >= 4 is 5.91 Å². The number of hydrogen-bond donors (Lipinski definition) is 6. The van der Waals surface area contributed by atoms with Crippen molar-refractivity contribution in [3.8, 4) is 0 Å². The molecule has 0 spiro atoms. The van der Waals surface area contributed by atoms with Crippen molar-refractivity contribution < 1.29 is 39.8 Å². The van der Waals surface area contributed by atoms with Gasteiger partial charge in [-0.2, -0.15) is 0 Å². The van der Waals surface area contributed by atoms with Crippen molar-refractivity contribution in [3.63, 3.8) is 0 Å². The normalized spacial score (nSPS) is 21.8. The second kappa shape index (κ2) is 39.0. The number of ether oxygens (including phenoxy) is 2. The molecule has 59 heavy (non-hydrogen) atoms. The number of aliphatic hydroxyl groups excluding tert-OH is 5. The molecule has 1 heterocycles. The van der Waals surface area contributed by atoms with Crippen LogP contribution in [0.3, 0.4) is 0 Å². The Morgan fingerprint density at radius 2 is 1.07 bits per heavy atom. The van der Waals surface area contributed by atoms with E-state index in [1.54, 1.807) is 6.08 Å². The maximum absolute atomic E-state index is 12.9. The van der Waals surface area contributed by atoms with Gasteiger partial charge in [0.15, 0.2) is 6.29 Å². The van der Waals surface area contributed by atoms with Crippen LogP contribution in [0.5, 0.6) is 0 Å². The number of allylic oxidation sites excluding steroid dienone is 17. The van der Waals surface area contributed by atoms with E-state index >= 15 is 0 Å². The minimum Gasteiger partial charge on any atom is -0.394 e. The van der Waals surface area contributed by atoms with Gasteiger partial charge in [-0.15, -0.1) is 0 Å². The fraction of sp³-hybridized carbons (Fsp3) is 0.620. The molecule has 6 N–H and O–H groups in total. The number of carbonyl (C=O) groups excluding carboxylic acids is 1. The van der Waals surface area contributed by atoms with E-state index in [1.807, 2.05) is 6.08 Å². The Morgan fingerprint density at radius 1 is 0.593 bits per heavy atom. The molecule has 1 aliphatic heterocycles. The number of hydrogen-bond acceptors (Lipinski definition) is 8. The topological polar surface area (TPSA) is 149 Å². The maximum atomic E-state index is 12.9. The van der Waals surface area contributed by atoms with Crippen LogP contribution in [-0.4, -0.2) is 87.5 Å². The van der Waals surface area contributed by atoms with Gasteiger partial charge in [-0.05, 0) is 89.9 Å². The predicted octanol–water partition coefficient (Wildman–Crippen LogP) is 9.50. The first-order valence-corrected chi connectivity index (χ1v) is 22.6. The molecule has 0 aromatic heterocycles. The van der Waals surface area contributed by atoms with Crippen LogP contribution in [0, 0.1) is 0 Å². The van der Waals surface area contributed by atoms with Gasteiger partial charge in [0, 0.05) is 6.42 Å². The molecule has 0 bridgehead atoms. The van der Waals surface area contributed by atoms with Gasteiger partial charge in [0.2, 0.25) is 5.91 Å². The molecule has 1 rings (SSSR count). The Hall–Kier alpha value is -3.15. The highest BCUT2D eigenvalue weighted by Crippen LogP contribution is 2.22. The highest BCUT2D eigenvalue weighted by Gasteiger charge is 2.44. The minimum absolute atomic E-state index is 0.214. The second-order valence-electron chi connectivity index (χ2n) is 15.1. The Bertz CT molecular complexity index is 1280. The zero-order valence-corrected chi connectivity index (χ0v) is 36.5. The van der Waals surface area contributed by atoms with E-state index in [-0.39, 0.29) is 12.5 Å². The van der Waals surface area contributed by atoms with Gasteiger partial charge in [0.25, 0.3) is 0 Å². The molecule has 0 aliphatic carbocycles. The Labute approximate surface area is 357 Å². The smallest absolute Gasteiger partial charge is 0.220 e. The van der Waals surface area contributed by atoms with Crippen LogP contribution in [0.1, 0.15) is 142 Å². The molecule has 0 aromatic rings. The van der Waals surface area contributed by atoms with Crippen molar-refractivity contribution in [1.82, 2.24) is 5.32 Å². The third-order valence-corrected chi connectivity index (χ3v) is 9.79. The van der Waals surface area contributed by atoms with Crippen LogP contribution in [0.4, 0.5) is 0 Å². The first-order valence-electron chi connectivity index (χ1n) is 22.6. The summed E-state index contributed by atoms with van der Waals surface area (Å²) >= 11 is 0. The molecule has 1 fully saturated rings. The van der Waals surface area contributed by atoms with Crippen LogP contribution in [0.15, 0.2) is 109 Å². The summed E-state index contributed by atoms with van der Waals surface area (Å²) in [4.78, 5) is 12.9. The molecule has 0 saturated carbocycles. The van der Waals surface area contributed by atoms with Gasteiger partial charge in [0.05, 0.1) is 25.4 Å². The van der Waals surface area contributed by atoms with Gasteiger partial charge in [0.1, 0.15) is 24.4 Å². The maximum Gasteiger partial charge on any atom is 0.220 e. The van der Waals surface area contributed by atoms with E-state index < -0.39 is 49.5 Å². The number of nitrogens with one attached hydrogen (secondary N) is 1. The van der Waals surface area contributed by atoms with Gasteiger partial charge in [-0.3, -0.25) is 4.79 Å². The summed E-state index contributed by atoms with van der Waals surface area (Å²) in [5, 5.41) is 54.0. The van der Waals surface area contributed by atoms with Crippen molar-refractivity contribution in [1.29, 1.82) is 0 Å². The van der Waals surface area contributed by atoms with Crippen LogP contribution in [0.25, 0.3) is 0 Å². The van der Waals surface area contributed by atoms with E-state index in [1.165, 1.54) is 0 Å². The zero-order valence-electron chi connectivity index (χ0n) is 36.5. The van der Waals surface area contributed by atoms with E-state index in [0.29, 0.717) is 6.42 Å². The molecule has 9 nitrogen and oxygen atoms in total. The van der Waals surface area contributed by atoms with Crippen LogP contribution < -0.4 is 5.32 Å². The lowest BCUT2D eigenvalue weighted by Crippen LogP contribution is -2.60. The van der Waals surface area contributed by atoms with Gasteiger partial charge in [-0.25, -0.2) is 0 Å². The Morgan fingerprint density at radius 3 is 1.61 bits per heavy atom. The molecule has 9 heteroatoms. The lowest BCUT2D eigenvalue weighted by atomic mass is 9.99. The Balaban J connectivity index is 2.34. The molecule has 0 aromatic carbocycles. The minimum atomic E-state index is -1.58. The van der Waals surface area contributed by atoms with Gasteiger partial charge < -0.3 is 40.3 Å². The SMILES string of the molecule is CC/C=C\C/C=C\C/C=C\C/C=C\C/C=C\C/C=C\CCCCCCCCC(=O)NC(COC1OC(CO)C(O)C(O)C1O)C(O)/C=C/CC/C=C/CC/C=C/CCC. The fourth-order valence-corrected chi connectivity index (χ4v) is 6.20. The molecule has 334 valence electrons. The number of rotatable bonds is 35. The van der Waals surface area contributed by atoms with E-state index in [2.05, 4.69) is 116 Å². The molecule has 7 atom stereocenters. The lowest BCUT2D eigenvalue weighted by molar-refractivity contribution is -0.302. The molecule has 1 saturated heterocycles. The molecule has 0 radical (unpaired) electrons. The first kappa shape index (κ1) is 53.9. The van der Waals surface area contributed by atoms with Crippen molar-refractivity contribution in [2.45, 2.75) is 185 Å². The largest absolute Gasteiger partial charge is 0.394 e. The van der Waals surface area contributed by atoms with E-state index in [9.17, 15) is 30.3 Å². The molecular formula is C50H81NO8. The summed E-state index contributed by atoms with van der Waals surface area (Å²) in [6.45, 7) is 3.52. The summed E-state index contributed by atoms with van der Waals surface area (Å²) in [6.07, 6.45) is 49.9. The number of amides is 1. The van der Waals surface area contributed by atoms with Crippen molar-refractivity contribution in [2.75, 3.05) is 13.2 Å². The molecule has 1 amide bonds. The third-order valence-electron chi connectivity index (χ3n) is 9.79. The number of unbranched alkanes of at least 4 members (excludes halogenated alkanes) is 9. The standard InChI is InChI=1S/C50H81NO8/c1-3-5-7-9-11-13-15-16-17-18-19-20-21-22-23-24-25-26-27-28-30-32-34-36-38-40-46(54)51-43(42-58-50-49(57)48(56)47(55)45(41-52)59-50)44(53)39-37-35-33-31-29-14-12-10-8-6-4-2/h5,7-8,10-11,13,16-17,19-20,22-23,25-26,29,31,37,39,43-45,47-50,52-53,55-57H,3-4,6,9,12,14-15,18,21,24,27-28,30,32-36,38,40-42H2,1-2H3,(H,51,54)/b7-5-,10-8+,13-11-,17-16-,20-19-,23-22-,26-25-,31-29+,39-37+. The van der Waals surface area contributed by atoms with Crippen LogP contribution in [-0.2, 0) is 14.3 Å². The van der Waals surface area contributed by atoms with Crippen molar-refractivity contribution in [3.05, 3.63) is 109 Å². The predicted molar refractivity (Wildman–Crippen MR) is 244 cm³/mol. The average molecular weight is 824 g/mol. The summed E-state index contributed by atoms with van der Waals surface area (Å²) in [6, 6.07) is -0.842. The van der Waals surface area contributed by atoms with E-state index in [4.69, 9.17) is 9.47 Å². The molecule has 1 aliphatic rings. The summed E-state index contributed by atoms with van der Waals surface area (Å²) in [5.41, 5.74) is 0. The van der Waals surface area contributed by atoms with Crippen molar-refractivity contribution in [2.24, 2.45) is 0 Å². The Kier molecular flexibility index (Phi) is 35.6. The summed E-state index contributed by atoms with van der Waals surface area (Å²) < 4.78 is 11.2. The first-order chi connectivity index (χ1) is 28.8. The molecule has 7 unspecified atom stereocenters. The van der Waals surface area contributed by atoms with Crippen LogP contribution in [0.2, 0.25) is 0 Å². The average Bonchev–Trinajstić information content (AvgIpc) is 3.23. The molecular weight excluding hydrogens is 743 g/mol. The summed E-state index contributed by atoms with van der Waals surface area (Å²) in [5.74, 6) is -0.214. The second-order valence-corrected chi connectivity index (χ2v) is 15.1. The number of carbonyl (C=O) groups is 1. The fourth-order valence-electron chi connectivity index (χ4n) is 6.20. The highest BCUT2D eigenvalue weighted by molar-refractivity contribution is 5.76. The quantitative estimate of drug-likeness (QED) is 0.0274. The third kappa shape index (κ3) is 29.7. The van der Waals surface area contributed by atoms with Crippen LogP contribution >= 0.6 is 0 Å². The number of aliphatic hydroxyl groups is 5. The zero-order chi connectivity index (χ0) is 43.0.